The van der Waals surface area contributed by atoms with E-state index in [4.69, 9.17) is 4.74 Å². The molecule has 20 heavy (non-hydrogen) atoms. The molecule has 0 aromatic heterocycles. The third-order valence-electron chi connectivity index (χ3n) is 4.19. The summed E-state index contributed by atoms with van der Waals surface area (Å²) in [6.45, 7) is 9.52. The summed E-state index contributed by atoms with van der Waals surface area (Å²) < 4.78 is 5.82. The minimum Gasteiger partial charge on any atom is -0.372 e. The van der Waals surface area contributed by atoms with Crippen molar-refractivity contribution < 1.29 is 4.74 Å². The van der Waals surface area contributed by atoms with Gasteiger partial charge in [0.1, 0.15) is 0 Å². The second-order valence-electron chi connectivity index (χ2n) is 6.44. The third kappa shape index (κ3) is 3.33. The van der Waals surface area contributed by atoms with E-state index in [9.17, 15) is 0 Å². The van der Waals surface area contributed by atoms with Crippen LogP contribution in [-0.2, 0) is 11.3 Å². The standard InChI is InChI=1S/C17H26N2O/c1-12-8-15(9-18-16-5-6-16)4-7-17(12)19-10-13(2)20-14(3)11-19/h4,7-8,13-14,16,18H,5-6,9-11H2,1-3H3/t13-,14+. The normalized spacial score (nSPS) is 26.9. The zero-order chi connectivity index (χ0) is 14.1. The van der Waals surface area contributed by atoms with Gasteiger partial charge in [0.2, 0.25) is 0 Å². The minimum absolute atomic E-state index is 0.314. The molecule has 2 atom stereocenters. The van der Waals surface area contributed by atoms with Gasteiger partial charge in [0.25, 0.3) is 0 Å². The molecular formula is C17H26N2O. The Labute approximate surface area is 122 Å². The number of nitrogens with zero attached hydrogens (tertiary/aromatic N) is 1. The summed E-state index contributed by atoms with van der Waals surface area (Å²) in [7, 11) is 0. The number of nitrogens with one attached hydrogen (secondary N) is 1. The monoisotopic (exact) mass is 274 g/mol. The molecule has 3 heteroatoms. The van der Waals surface area contributed by atoms with Crippen LogP contribution in [0.25, 0.3) is 0 Å². The van der Waals surface area contributed by atoms with Gasteiger partial charge in [-0.15, -0.1) is 0 Å². The Hall–Kier alpha value is -1.06. The summed E-state index contributed by atoms with van der Waals surface area (Å²) in [6.07, 6.45) is 3.32. The average Bonchev–Trinajstić information content (AvgIpc) is 3.19. The Kier molecular flexibility index (Phi) is 3.99. The number of morpholine rings is 1. The first-order valence-electron chi connectivity index (χ1n) is 7.85. The zero-order valence-corrected chi connectivity index (χ0v) is 12.9. The number of anilines is 1. The molecule has 0 radical (unpaired) electrons. The van der Waals surface area contributed by atoms with E-state index in [1.54, 1.807) is 0 Å². The van der Waals surface area contributed by atoms with Crippen molar-refractivity contribution in [1.29, 1.82) is 0 Å². The number of aryl methyl sites for hydroxylation is 1. The molecule has 1 N–H and O–H groups in total. The lowest BCUT2D eigenvalue weighted by atomic mass is 10.1. The molecule has 1 saturated heterocycles. The van der Waals surface area contributed by atoms with E-state index in [1.807, 2.05) is 0 Å². The number of benzene rings is 1. The maximum Gasteiger partial charge on any atom is 0.0726 e. The van der Waals surface area contributed by atoms with Gasteiger partial charge in [0.15, 0.2) is 0 Å². The Morgan fingerprint density at radius 3 is 2.50 bits per heavy atom. The van der Waals surface area contributed by atoms with Gasteiger partial charge < -0.3 is 15.0 Å². The summed E-state index contributed by atoms with van der Waals surface area (Å²) in [6, 6.07) is 7.65. The van der Waals surface area contributed by atoms with Gasteiger partial charge in [0.05, 0.1) is 12.2 Å². The van der Waals surface area contributed by atoms with Crippen LogP contribution in [0.15, 0.2) is 18.2 Å². The number of hydrogen-bond donors (Lipinski definition) is 1. The molecule has 2 aliphatic rings. The van der Waals surface area contributed by atoms with E-state index in [0.717, 1.165) is 25.7 Å². The van der Waals surface area contributed by atoms with Crippen molar-refractivity contribution in [2.45, 2.75) is 58.4 Å². The van der Waals surface area contributed by atoms with Crippen molar-refractivity contribution >= 4 is 5.69 Å². The maximum absolute atomic E-state index is 5.82. The Bertz CT molecular complexity index is 460. The van der Waals surface area contributed by atoms with Crippen LogP contribution in [0.3, 0.4) is 0 Å². The van der Waals surface area contributed by atoms with E-state index in [-0.39, 0.29) is 0 Å². The summed E-state index contributed by atoms with van der Waals surface area (Å²) in [5, 5.41) is 3.58. The van der Waals surface area contributed by atoms with E-state index in [1.165, 1.54) is 29.7 Å². The first-order chi connectivity index (χ1) is 9.61. The van der Waals surface area contributed by atoms with Crippen molar-refractivity contribution in [3.63, 3.8) is 0 Å². The maximum atomic E-state index is 5.82. The van der Waals surface area contributed by atoms with Gasteiger partial charge in [-0.3, -0.25) is 0 Å². The fourth-order valence-electron chi connectivity index (χ4n) is 3.11. The molecule has 1 heterocycles. The molecule has 1 aromatic carbocycles. The first-order valence-corrected chi connectivity index (χ1v) is 7.85. The van der Waals surface area contributed by atoms with Gasteiger partial charge in [0, 0.05) is 31.4 Å². The summed E-state index contributed by atoms with van der Waals surface area (Å²) in [5.41, 5.74) is 4.14. The van der Waals surface area contributed by atoms with Crippen LogP contribution >= 0.6 is 0 Å². The van der Waals surface area contributed by atoms with Crippen molar-refractivity contribution in [2.75, 3.05) is 18.0 Å². The number of hydrogen-bond acceptors (Lipinski definition) is 3. The second kappa shape index (κ2) is 5.74. The molecule has 0 bridgehead atoms. The predicted molar refractivity (Wildman–Crippen MR) is 83.3 cm³/mol. The van der Waals surface area contributed by atoms with Crippen molar-refractivity contribution in [1.82, 2.24) is 5.32 Å². The quantitative estimate of drug-likeness (QED) is 0.913. The SMILES string of the molecule is Cc1cc(CNC2CC2)ccc1N1C[C@@H](C)O[C@@H](C)C1. The zero-order valence-electron chi connectivity index (χ0n) is 12.9. The Morgan fingerprint density at radius 2 is 1.90 bits per heavy atom. The summed E-state index contributed by atoms with van der Waals surface area (Å²) in [5.74, 6) is 0. The molecule has 1 aromatic rings. The molecule has 1 aliphatic carbocycles. The van der Waals surface area contributed by atoms with Crippen LogP contribution in [0.2, 0.25) is 0 Å². The van der Waals surface area contributed by atoms with Crippen molar-refractivity contribution in [3.8, 4) is 0 Å². The average molecular weight is 274 g/mol. The molecule has 1 aliphatic heterocycles. The van der Waals surface area contributed by atoms with Gasteiger partial charge in [-0.25, -0.2) is 0 Å². The molecule has 110 valence electrons. The molecule has 1 saturated carbocycles. The fourth-order valence-corrected chi connectivity index (χ4v) is 3.11. The van der Waals surface area contributed by atoms with Gasteiger partial charge in [-0.2, -0.15) is 0 Å². The fraction of sp³-hybridized carbons (Fsp3) is 0.647. The second-order valence-corrected chi connectivity index (χ2v) is 6.44. The van der Waals surface area contributed by atoms with Crippen LogP contribution in [0.1, 0.15) is 37.8 Å². The molecular weight excluding hydrogens is 248 g/mol. The summed E-state index contributed by atoms with van der Waals surface area (Å²) >= 11 is 0. The molecule has 0 amide bonds. The lowest BCUT2D eigenvalue weighted by molar-refractivity contribution is -0.00524. The largest absolute Gasteiger partial charge is 0.372 e. The molecule has 3 nitrogen and oxygen atoms in total. The van der Waals surface area contributed by atoms with Gasteiger partial charge in [-0.05, 0) is 50.8 Å². The number of ether oxygens (including phenoxy) is 1. The minimum atomic E-state index is 0.314. The van der Waals surface area contributed by atoms with Crippen LogP contribution < -0.4 is 10.2 Å². The Morgan fingerprint density at radius 1 is 1.20 bits per heavy atom. The van der Waals surface area contributed by atoms with E-state index < -0.39 is 0 Å². The van der Waals surface area contributed by atoms with Gasteiger partial charge in [-0.1, -0.05) is 12.1 Å². The first kappa shape index (κ1) is 13.9. The highest BCUT2D eigenvalue weighted by Gasteiger charge is 2.23. The highest BCUT2D eigenvalue weighted by Crippen LogP contribution is 2.25. The van der Waals surface area contributed by atoms with Gasteiger partial charge >= 0.3 is 0 Å². The number of rotatable bonds is 4. The highest BCUT2D eigenvalue weighted by molar-refractivity contribution is 5.55. The smallest absolute Gasteiger partial charge is 0.0726 e. The third-order valence-corrected chi connectivity index (χ3v) is 4.19. The van der Waals surface area contributed by atoms with E-state index >= 15 is 0 Å². The molecule has 3 rings (SSSR count). The molecule has 0 unspecified atom stereocenters. The highest BCUT2D eigenvalue weighted by atomic mass is 16.5. The lowest BCUT2D eigenvalue weighted by Crippen LogP contribution is -2.45. The lowest BCUT2D eigenvalue weighted by Gasteiger charge is -2.37. The summed E-state index contributed by atoms with van der Waals surface area (Å²) in [4.78, 5) is 2.46. The van der Waals surface area contributed by atoms with Crippen molar-refractivity contribution in [3.05, 3.63) is 29.3 Å². The van der Waals surface area contributed by atoms with Crippen LogP contribution in [0.5, 0.6) is 0 Å². The van der Waals surface area contributed by atoms with Crippen molar-refractivity contribution in [2.24, 2.45) is 0 Å². The van der Waals surface area contributed by atoms with Crippen LogP contribution in [0.4, 0.5) is 5.69 Å². The van der Waals surface area contributed by atoms with Crippen LogP contribution in [-0.4, -0.2) is 31.3 Å². The van der Waals surface area contributed by atoms with E-state index in [2.05, 4.69) is 49.2 Å². The van der Waals surface area contributed by atoms with E-state index in [0.29, 0.717) is 12.2 Å². The molecule has 0 spiro atoms. The molecule has 2 fully saturated rings. The topological polar surface area (TPSA) is 24.5 Å². The predicted octanol–water partition coefficient (Wildman–Crippen LogP) is 2.86. The Balaban J connectivity index is 1.69. The van der Waals surface area contributed by atoms with Crippen LogP contribution in [0, 0.1) is 6.92 Å².